The van der Waals surface area contributed by atoms with Crippen molar-refractivity contribution in [3.05, 3.63) is 79.5 Å². The first-order valence-electron chi connectivity index (χ1n) is 13.6. The van der Waals surface area contributed by atoms with Crippen LogP contribution in [0.1, 0.15) is 152 Å². The second-order valence-corrected chi connectivity index (χ2v) is 13.0. The van der Waals surface area contributed by atoms with E-state index < -0.39 is 0 Å². The molecule has 2 aromatic heterocycles. The van der Waals surface area contributed by atoms with Gasteiger partial charge in [-0.2, -0.15) is 4.37 Å². The van der Waals surface area contributed by atoms with Gasteiger partial charge in [-0.05, 0) is 81.9 Å². The van der Waals surface area contributed by atoms with Crippen molar-refractivity contribution in [3.63, 3.8) is 0 Å². The van der Waals surface area contributed by atoms with E-state index in [2.05, 4.69) is 111 Å². The minimum atomic E-state index is 0.432. The summed E-state index contributed by atoms with van der Waals surface area (Å²) in [4.78, 5) is 5.61. The first kappa shape index (κ1) is 33.6. The Labute approximate surface area is 241 Å². The van der Waals surface area contributed by atoms with Gasteiger partial charge >= 0.3 is 0 Å². The van der Waals surface area contributed by atoms with Crippen LogP contribution in [0.4, 0.5) is 0 Å². The maximum Gasteiger partial charge on any atom is 0.0783 e. The molecular weight excluding hydrogens is 515 g/mol. The first-order chi connectivity index (χ1) is 17.2. The maximum atomic E-state index is 6.16. The number of hydrogen-bond acceptors (Lipinski definition) is 3. The van der Waals surface area contributed by atoms with Crippen LogP contribution >= 0.6 is 34.7 Å². The van der Waals surface area contributed by atoms with Crippen molar-refractivity contribution in [2.45, 2.75) is 119 Å². The molecule has 37 heavy (non-hydrogen) atoms. The normalized spacial score (nSPS) is 11.4. The second-order valence-electron chi connectivity index (χ2n) is 11.4. The van der Waals surface area contributed by atoms with Crippen LogP contribution in [0.15, 0.2) is 36.5 Å². The summed E-state index contributed by atoms with van der Waals surface area (Å²) in [7, 11) is 0. The Morgan fingerprint density at radius 3 is 1.51 bits per heavy atom. The van der Waals surface area contributed by atoms with Crippen molar-refractivity contribution in [1.29, 1.82) is 0 Å². The fourth-order valence-corrected chi connectivity index (χ4v) is 5.70. The van der Waals surface area contributed by atoms with E-state index in [-0.39, 0.29) is 0 Å². The largest absolute Gasteiger partial charge is 0.261 e. The lowest BCUT2D eigenvalue weighted by molar-refractivity contribution is 0.757. The summed E-state index contributed by atoms with van der Waals surface area (Å²) in [5.41, 5.74) is 6.47. The number of nitrogens with zero attached hydrogens (tertiary/aromatic N) is 2. The number of aromatic nitrogens is 2. The van der Waals surface area contributed by atoms with Crippen molar-refractivity contribution in [3.8, 4) is 0 Å². The lowest BCUT2D eigenvalue weighted by atomic mass is 9.91. The summed E-state index contributed by atoms with van der Waals surface area (Å²) < 4.78 is 4.35. The van der Waals surface area contributed by atoms with E-state index in [1.165, 1.54) is 38.8 Å². The average molecular weight is 564 g/mol. The zero-order valence-corrected chi connectivity index (χ0v) is 27.3. The van der Waals surface area contributed by atoms with Gasteiger partial charge in [0, 0.05) is 21.8 Å². The minimum Gasteiger partial charge on any atom is -0.261 e. The summed E-state index contributed by atoms with van der Waals surface area (Å²) in [5, 5.41) is 1.72. The highest BCUT2D eigenvalue weighted by molar-refractivity contribution is 7.06. The van der Waals surface area contributed by atoms with Crippen LogP contribution in [0.25, 0.3) is 0 Å². The van der Waals surface area contributed by atoms with Crippen molar-refractivity contribution in [2.24, 2.45) is 0 Å². The van der Waals surface area contributed by atoms with Crippen LogP contribution in [-0.4, -0.2) is 9.36 Å². The Balaban J connectivity index is 0.000000278. The van der Waals surface area contributed by atoms with Crippen LogP contribution in [-0.2, 0) is 0 Å². The monoisotopic (exact) mass is 562 g/mol. The third kappa shape index (κ3) is 10.3. The summed E-state index contributed by atoms with van der Waals surface area (Å²) >= 11 is 13.7. The molecule has 0 spiro atoms. The topological polar surface area (TPSA) is 25.8 Å². The van der Waals surface area contributed by atoms with E-state index in [1.54, 1.807) is 0 Å². The zero-order valence-electron chi connectivity index (χ0n) is 25.0. The lowest BCUT2D eigenvalue weighted by Gasteiger charge is -2.15. The molecule has 3 rings (SSSR count). The SMILES string of the molecule is CC(C)c1ccc(Cl)cc1C(C)C.CC(C)c1cccnc1C(C)C.CC(C)c1nsc(C(C)C)c1Cl. The summed E-state index contributed by atoms with van der Waals surface area (Å²) in [6.45, 7) is 26.2. The van der Waals surface area contributed by atoms with Crippen LogP contribution in [0.3, 0.4) is 0 Å². The Bertz CT molecular complexity index is 1030. The molecule has 0 aliphatic rings. The predicted octanol–water partition coefficient (Wildman–Crippen LogP) is 12.0. The molecule has 0 fully saturated rings. The molecule has 0 aliphatic heterocycles. The standard InChI is InChI=1S/C12H17Cl.C11H17N.C9H14ClNS/c1-8(2)11-6-5-10(13)7-12(11)9(3)4;1-8(2)10-6-5-7-12-11(10)9(3)4;1-5(2)8-7(10)9(6(3)4)12-11-8/h5-9H,1-4H3;5-9H,1-4H3;5-6H,1-4H3. The van der Waals surface area contributed by atoms with Gasteiger partial charge in [0.1, 0.15) is 0 Å². The molecule has 0 saturated carbocycles. The first-order valence-corrected chi connectivity index (χ1v) is 15.1. The number of halogens is 2. The molecule has 1 aromatic carbocycles. The maximum absolute atomic E-state index is 6.16. The summed E-state index contributed by atoms with van der Waals surface area (Å²) in [6.07, 6.45) is 1.88. The number of hydrogen-bond donors (Lipinski definition) is 0. The van der Waals surface area contributed by atoms with Gasteiger partial charge in [0.25, 0.3) is 0 Å². The molecule has 0 atom stereocenters. The Hall–Kier alpha value is -1.42. The van der Waals surface area contributed by atoms with Gasteiger partial charge in [-0.15, -0.1) is 0 Å². The van der Waals surface area contributed by atoms with Crippen molar-refractivity contribution in [1.82, 2.24) is 9.36 Å². The third-order valence-electron chi connectivity index (χ3n) is 6.09. The quantitative estimate of drug-likeness (QED) is 0.298. The molecule has 0 bridgehead atoms. The molecule has 0 unspecified atom stereocenters. The van der Waals surface area contributed by atoms with Crippen molar-refractivity contribution in [2.75, 3.05) is 0 Å². The van der Waals surface area contributed by atoms with Crippen molar-refractivity contribution >= 4 is 34.7 Å². The van der Waals surface area contributed by atoms with E-state index in [0.29, 0.717) is 35.5 Å². The van der Waals surface area contributed by atoms with Crippen LogP contribution < -0.4 is 0 Å². The molecule has 0 N–H and O–H groups in total. The van der Waals surface area contributed by atoms with Gasteiger partial charge in [0.15, 0.2) is 0 Å². The van der Waals surface area contributed by atoms with Gasteiger partial charge in [-0.1, -0.05) is 118 Å². The number of rotatable bonds is 6. The van der Waals surface area contributed by atoms with Crippen LogP contribution in [0.5, 0.6) is 0 Å². The van der Waals surface area contributed by atoms with E-state index in [1.807, 2.05) is 18.3 Å². The smallest absolute Gasteiger partial charge is 0.0783 e. The molecular formula is C32H48Cl2N2S. The minimum absolute atomic E-state index is 0.432. The van der Waals surface area contributed by atoms with Gasteiger partial charge in [-0.25, -0.2) is 0 Å². The summed E-state index contributed by atoms with van der Waals surface area (Å²) in [5.74, 6) is 3.16. The molecule has 2 nitrogen and oxygen atoms in total. The zero-order chi connectivity index (χ0) is 28.4. The summed E-state index contributed by atoms with van der Waals surface area (Å²) in [6, 6.07) is 10.4. The van der Waals surface area contributed by atoms with E-state index in [0.717, 1.165) is 15.7 Å². The molecule has 0 aliphatic carbocycles. The Kier molecular flexibility index (Phi) is 14.4. The van der Waals surface area contributed by atoms with Gasteiger partial charge in [-0.3, -0.25) is 4.98 Å². The highest BCUT2D eigenvalue weighted by Gasteiger charge is 2.16. The highest BCUT2D eigenvalue weighted by Crippen LogP contribution is 2.34. The number of benzene rings is 1. The fourth-order valence-electron chi connectivity index (χ4n) is 3.99. The molecule has 0 amide bonds. The van der Waals surface area contributed by atoms with Crippen molar-refractivity contribution < 1.29 is 0 Å². The highest BCUT2D eigenvalue weighted by atomic mass is 35.5. The Morgan fingerprint density at radius 2 is 1.14 bits per heavy atom. The lowest BCUT2D eigenvalue weighted by Crippen LogP contribution is -2.00. The van der Waals surface area contributed by atoms with E-state index in [4.69, 9.17) is 23.2 Å². The molecule has 5 heteroatoms. The third-order valence-corrected chi connectivity index (χ3v) is 7.99. The molecule has 2 heterocycles. The average Bonchev–Trinajstić information content (AvgIpc) is 3.21. The van der Waals surface area contributed by atoms with Crippen LogP contribution in [0.2, 0.25) is 10.0 Å². The fraction of sp³-hybridized carbons (Fsp3) is 0.562. The van der Waals surface area contributed by atoms with Gasteiger partial charge < -0.3 is 0 Å². The van der Waals surface area contributed by atoms with E-state index >= 15 is 0 Å². The molecule has 0 saturated heterocycles. The molecule has 3 aromatic rings. The number of pyridine rings is 1. The predicted molar refractivity (Wildman–Crippen MR) is 167 cm³/mol. The van der Waals surface area contributed by atoms with Crippen LogP contribution in [0, 0.1) is 0 Å². The van der Waals surface area contributed by atoms with Gasteiger partial charge in [0.2, 0.25) is 0 Å². The second kappa shape index (κ2) is 15.9. The van der Waals surface area contributed by atoms with E-state index in [9.17, 15) is 0 Å². The molecule has 206 valence electrons. The molecule has 0 radical (unpaired) electrons. The van der Waals surface area contributed by atoms with Gasteiger partial charge in [0.05, 0.1) is 10.7 Å². The Morgan fingerprint density at radius 1 is 0.595 bits per heavy atom.